The van der Waals surface area contributed by atoms with Crippen molar-refractivity contribution in [2.75, 3.05) is 12.2 Å². The van der Waals surface area contributed by atoms with E-state index in [0.717, 1.165) is 34.3 Å². The Morgan fingerprint density at radius 2 is 2.12 bits per heavy atom. The zero-order valence-electron chi connectivity index (χ0n) is 13.5. The van der Waals surface area contributed by atoms with Gasteiger partial charge in [-0.1, -0.05) is 0 Å². The molecule has 0 unspecified atom stereocenters. The van der Waals surface area contributed by atoms with Crippen molar-refractivity contribution in [3.8, 4) is 11.5 Å². The number of hydrogen-bond acceptors (Lipinski definition) is 6. The van der Waals surface area contributed by atoms with Gasteiger partial charge in [0.2, 0.25) is 11.6 Å². The molecule has 132 valence electrons. The number of thiophene rings is 1. The van der Waals surface area contributed by atoms with E-state index < -0.39 is 5.91 Å². The quantitative estimate of drug-likeness (QED) is 0.661. The molecule has 0 saturated heterocycles. The number of aromatic amines is 1. The topological polar surface area (TPSA) is 85.4 Å². The van der Waals surface area contributed by atoms with Gasteiger partial charge in [0.05, 0.1) is 5.39 Å². The first-order chi connectivity index (χ1) is 12.6. The van der Waals surface area contributed by atoms with Gasteiger partial charge in [0.1, 0.15) is 4.83 Å². The second-order valence-electron chi connectivity index (χ2n) is 6.14. The normalized spacial score (nSPS) is 14.6. The Balaban J connectivity index is 1.56. The number of amides is 1. The average Bonchev–Trinajstić information content (AvgIpc) is 3.32. The van der Waals surface area contributed by atoms with Gasteiger partial charge < -0.3 is 14.5 Å². The third-order valence-corrected chi connectivity index (χ3v) is 6.10. The van der Waals surface area contributed by atoms with Crippen LogP contribution in [0.1, 0.15) is 27.2 Å². The number of benzene rings is 1. The van der Waals surface area contributed by atoms with Crippen molar-refractivity contribution in [1.82, 2.24) is 9.66 Å². The molecule has 2 N–H and O–H groups in total. The maximum Gasteiger partial charge on any atom is 0.282 e. The highest BCUT2D eigenvalue weighted by atomic mass is 32.1. The highest BCUT2D eigenvalue weighted by molar-refractivity contribution is 7.71. The predicted octanol–water partition coefficient (Wildman–Crippen LogP) is 2.72. The van der Waals surface area contributed by atoms with E-state index in [4.69, 9.17) is 21.7 Å². The van der Waals surface area contributed by atoms with Crippen LogP contribution in [0, 0.1) is 4.77 Å². The van der Waals surface area contributed by atoms with Crippen molar-refractivity contribution in [2.24, 2.45) is 0 Å². The number of ether oxygens (including phenoxy) is 2. The highest BCUT2D eigenvalue weighted by Crippen LogP contribution is 2.34. The van der Waals surface area contributed by atoms with Crippen LogP contribution in [0.3, 0.4) is 0 Å². The minimum absolute atomic E-state index is 0.130. The van der Waals surface area contributed by atoms with Crippen molar-refractivity contribution in [2.45, 2.75) is 19.3 Å². The van der Waals surface area contributed by atoms with Gasteiger partial charge in [-0.3, -0.25) is 15.0 Å². The van der Waals surface area contributed by atoms with Crippen molar-refractivity contribution in [3.63, 3.8) is 0 Å². The maximum absolute atomic E-state index is 12.9. The van der Waals surface area contributed by atoms with Crippen LogP contribution in [-0.2, 0) is 12.8 Å². The van der Waals surface area contributed by atoms with Gasteiger partial charge in [-0.15, -0.1) is 11.3 Å². The van der Waals surface area contributed by atoms with Crippen molar-refractivity contribution in [3.05, 3.63) is 49.3 Å². The van der Waals surface area contributed by atoms with Crippen molar-refractivity contribution >= 4 is 39.7 Å². The number of carbonyl (C=O) groups excluding carboxylic acids is 1. The van der Waals surface area contributed by atoms with Crippen LogP contribution in [0.2, 0.25) is 0 Å². The van der Waals surface area contributed by atoms with Crippen LogP contribution >= 0.6 is 23.6 Å². The fourth-order valence-electron chi connectivity index (χ4n) is 3.38. The zero-order valence-corrected chi connectivity index (χ0v) is 15.1. The number of nitrogens with zero attached hydrogens (tertiary/aromatic N) is 1. The number of aryl methyl sites for hydroxylation is 2. The molecule has 1 amide bonds. The number of carbonyl (C=O) groups is 1. The molecular formula is C17H13N3O4S2. The Morgan fingerprint density at radius 3 is 3.00 bits per heavy atom. The lowest BCUT2D eigenvalue weighted by molar-refractivity contribution is 0.101. The Kier molecular flexibility index (Phi) is 3.41. The lowest BCUT2D eigenvalue weighted by Gasteiger charge is -2.09. The van der Waals surface area contributed by atoms with E-state index in [9.17, 15) is 9.59 Å². The van der Waals surface area contributed by atoms with E-state index in [1.165, 1.54) is 4.88 Å². The van der Waals surface area contributed by atoms with E-state index in [1.54, 1.807) is 29.5 Å². The van der Waals surface area contributed by atoms with Crippen LogP contribution in [0.15, 0.2) is 23.0 Å². The molecule has 2 aliphatic rings. The maximum atomic E-state index is 12.9. The molecule has 0 saturated carbocycles. The summed E-state index contributed by atoms with van der Waals surface area (Å²) in [7, 11) is 0. The third kappa shape index (κ3) is 2.27. The number of H-pyrrole nitrogens is 1. The van der Waals surface area contributed by atoms with Crippen LogP contribution in [-0.4, -0.2) is 22.4 Å². The van der Waals surface area contributed by atoms with Crippen LogP contribution in [0.5, 0.6) is 11.5 Å². The molecule has 0 radical (unpaired) electrons. The molecule has 3 heterocycles. The summed E-state index contributed by atoms with van der Waals surface area (Å²) in [6.45, 7) is 0.130. The first kappa shape index (κ1) is 15.6. The lowest BCUT2D eigenvalue weighted by Crippen LogP contribution is -2.34. The Hall–Kier alpha value is -2.65. The smallest absolute Gasteiger partial charge is 0.282 e. The first-order valence-corrected chi connectivity index (χ1v) is 9.35. The predicted molar refractivity (Wildman–Crippen MR) is 99.6 cm³/mol. The molecule has 0 bridgehead atoms. The monoisotopic (exact) mass is 387 g/mol. The molecule has 7 nitrogen and oxygen atoms in total. The molecule has 9 heteroatoms. The summed E-state index contributed by atoms with van der Waals surface area (Å²) in [5.41, 5.74) is 3.73. The third-order valence-electron chi connectivity index (χ3n) is 4.61. The molecule has 0 atom stereocenters. The average molecular weight is 387 g/mol. The summed E-state index contributed by atoms with van der Waals surface area (Å²) in [6, 6.07) is 4.85. The van der Waals surface area contributed by atoms with E-state index in [-0.39, 0.29) is 17.1 Å². The van der Waals surface area contributed by atoms with Crippen molar-refractivity contribution < 1.29 is 14.3 Å². The molecule has 5 rings (SSSR count). The fraction of sp³-hybridized carbons (Fsp3) is 0.235. The minimum atomic E-state index is -0.448. The van der Waals surface area contributed by atoms with Gasteiger partial charge in [0, 0.05) is 10.4 Å². The number of fused-ring (bicyclic) bond motifs is 4. The summed E-state index contributed by atoms with van der Waals surface area (Å²) >= 11 is 6.85. The Bertz CT molecular complexity index is 1190. The minimum Gasteiger partial charge on any atom is -0.454 e. The summed E-state index contributed by atoms with van der Waals surface area (Å²) in [5.74, 6) is 0.642. The summed E-state index contributed by atoms with van der Waals surface area (Å²) in [4.78, 5) is 30.6. The summed E-state index contributed by atoms with van der Waals surface area (Å²) in [5, 5.41) is 0.627. The summed E-state index contributed by atoms with van der Waals surface area (Å²) < 4.78 is 11.8. The van der Waals surface area contributed by atoms with E-state index in [1.807, 2.05) is 0 Å². The molecule has 26 heavy (non-hydrogen) atoms. The van der Waals surface area contributed by atoms with Gasteiger partial charge in [-0.25, -0.2) is 0 Å². The number of nitrogens with one attached hydrogen (secondary N) is 2. The van der Waals surface area contributed by atoms with Crippen LogP contribution < -0.4 is 20.5 Å². The lowest BCUT2D eigenvalue weighted by atomic mass is 10.2. The fourth-order valence-corrected chi connectivity index (χ4v) is 4.96. The van der Waals surface area contributed by atoms with Crippen molar-refractivity contribution in [1.29, 1.82) is 0 Å². The Morgan fingerprint density at radius 1 is 1.27 bits per heavy atom. The molecule has 1 aliphatic carbocycles. The van der Waals surface area contributed by atoms with Crippen LogP contribution in [0.4, 0.5) is 0 Å². The molecule has 1 aromatic carbocycles. The van der Waals surface area contributed by atoms with E-state index in [2.05, 4.69) is 10.4 Å². The van der Waals surface area contributed by atoms with Gasteiger partial charge in [0.15, 0.2) is 11.5 Å². The first-order valence-electron chi connectivity index (χ1n) is 8.12. The number of aromatic nitrogens is 2. The second-order valence-corrected chi connectivity index (χ2v) is 7.63. The standard InChI is InChI=1S/C17H13N3O4S2/c21-14(8-4-5-10-11(6-8)24-7-23-10)19-20-16(22)13-9-2-1-3-12(9)26-15(13)18-17(20)25/h4-6H,1-3,7H2,(H,18,25)(H,19,21). The highest BCUT2D eigenvalue weighted by Gasteiger charge is 2.22. The summed E-state index contributed by atoms with van der Waals surface area (Å²) in [6.07, 6.45) is 2.92. The number of hydrogen-bond donors (Lipinski definition) is 2. The van der Waals surface area contributed by atoms with Crippen LogP contribution in [0.25, 0.3) is 10.2 Å². The second kappa shape index (κ2) is 5.68. The molecule has 2 aromatic heterocycles. The van der Waals surface area contributed by atoms with Gasteiger partial charge >= 0.3 is 0 Å². The van der Waals surface area contributed by atoms with Gasteiger partial charge in [0.25, 0.3) is 11.5 Å². The molecule has 3 aromatic rings. The molecule has 1 aliphatic heterocycles. The Labute approximate surface area is 156 Å². The molecule has 0 fully saturated rings. The van der Waals surface area contributed by atoms with Gasteiger partial charge in [-0.05, 0) is 55.2 Å². The molecule has 0 spiro atoms. The van der Waals surface area contributed by atoms with E-state index >= 15 is 0 Å². The zero-order chi connectivity index (χ0) is 17.8. The SMILES string of the molecule is O=C(Nn1c(=S)[nH]c2sc3c(c2c1=O)CCC3)c1ccc2c(c1)OCO2. The van der Waals surface area contributed by atoms with E-state index in [0.29, 0.717) is 22.4 Å². The number of rotatable bonds is 2. The molecular weight excluding hydrogens is 374 g/mol. The van der Waals surface area contributed by atoms with Gasteiger partial charge in [-0.2, -0.15) is 4.68 Å². The largest absolute Gasteiger partial charge is 0.454 e.